The Morgan fingerprint density at radius 2 is 1.92 bits per heavy atom. The molecule has 130 valence electrons. The van der Waals surface area contributed by atoms with Crippen molar-refractivity contribution in [1.29, 1.82) is 0 Å². The van der Waals surface area contributed by atoms with Gasteiger partial charge in [-0.05, 0) is 29.8 Å². The van der Waals surface area contributed by atoms with Gasteiger partial charge in [0.05, 0.1) is 7.11 Å². The maximum absolute atomic E-state index is 6.18. The van der Waals surface area contributed by atoms with Crippen LogP contribution in [0.4, 0.5) is 5.13 Å². The number of halogens is 2. The van der Waals surface area contributed by atoms with Crippen molar-refractivity contribution in [1.82, 2.24) is 4.98 Å². The number of hydrogen-bond donors (Lipinski definition) is 1. The molecule has 0 aliphatic heterocycles. The van der Waals surface area contributed by atoms with E-state index in [0.29, 0.717) is 28.1 Å². The molecule has 3 aromatic rings. The molecule has 1 aromatic heterocycles. The van der Waals surface area contributed by atoms with E-state index >= 15 is 0 Å². The highest BCUT2D eigenvalue weighted by atomic mass is 35.5. The van der Waals surface area contributed by atoms with E-state index in [0.717, 1.165) is 16.3 Å². The largest absolute Gasteiger partial charge is 0.493 e. The van der Waals surface area contributed by atoms with Crippen LogP contribution >= 0.6 is 34.5 Å². The van der Waals surface area contributed by atoms with Crippen LogP contribution in [0, 0.1) is 0 Å². The highest BCUT2D eigenvalue weighted by Crippen LogP contribution is 2.31. The maximum atomic E-state index is 6.18. The number of hydrogen-bond acceptors (Lipinski definition) is 5. The van der Waals surface area contributed by atoms with Gasteiger partial charge in [0.25, 0.3) is 0 Å². The Hall–Kier alpha value is -1.95. The van der Waals surface area contributed by atoms with Crippen LogP contribution in [0.1, 0.15) is 11.1 Å². The normalized spacial score (nSPS) is 10.5. The Morgan fingerprint density at radius 1 is 1.12 bits per heavy atom. The highest BCUT2D eigenvalue weighted by Gasteiger charge is 2.10. The standard InChI is InChI=1S/C18H16Cl2N2O2S/c1-23-17-9-12(10-22-18-21-7-8-25-18)5-6-16(17)24-11-13-14(19)3-2-4-15(13)20/h2-9H,10-11H2,1H3,(H,21,22). The molecule has 0 aliphatic rings. The van der Waals surface area contributed by atoms with E-state index in [9.17, 15) is 0 Å². The van der Waals surface area contributed by atoms with Crippen molar-refractivity contribution in [3.05, 3.63) is 69.1 Å². The summed E-state index contributed by atoms with van der Waals surface area (Å²) in [5, 5.41) is 7.23. The van der Waals surface area contributed by atoms with Crippen molar-refractivity contribution < 1.29 is 9.47 Å². The first-order valence-electron chi connectivity index (χ1n) is 7.53. The lowest BCUT2D eigenvalue weighted by atomic mass is 10.2. The maximum Gasteiger partial charge on any atom is 0.182 e. The van der Waals surface area contributed by atoms with E-state index in [1.807, 2.05) is 23.6 Å². The molecule has 25 heavy (non-hydrogen) atoms. The summed E-state index contributed by atoms with van der Waals surface area (Å²) in [5.74, 6) is 1.29. The second kappa shape index (κ2) is 8.43. The van der Waals surface area contributed by atoms with Crippen LogP contribution in [0.2, 0.25) is 10.0 Å². The first-order chi connectivity index (χ1) is 12.2. The molecule has 2 aromatic carbocycles. The summed E-state index contributed by atoms with van der Waals surface area (Å²) in [6.45, 7) is 0.923. The Morgan fingerprint density at radius 3 is 2.60 bits per heavy atom. The van der Waals surface area contributed by atoms with Gasteiger partial charge in [-0.15, -0.1) is 11.3 Å². The molecule has 0 unspecified atom stereocenters. The third-order valence-electron chi connectivity index (χ3n) is 3.54. The third kappa shape index (κ3) is 4.57. The molecule has 7 heteroatoms. The second-order valence-electron chi connectivity index (χ2n) is 5.16. The number of nitrogens with zero attached hydrogens (tertiary/aromatic N) is 1. The molecule has 0 atom stereocenters. The number of benzene rings is 2. The SMILES string of the molecule is COc1cc(CNc2nccs2)ccc1OCc1c(Cl)cccc1Cl. The fourth-order valence-electron chi connectivity index (χ4n) is 2.25. The van der Waals surface area contributed by atoms with E-state index in [1.165, 1.54) is 0 Å². The van der Waals surface area contributed by atoms with Gasteiger partial charge in [0.1, 0.15) is 6.61 Å². The number of methoxy groups -OCH3 is 1. The van der Waals surface area contributed by atoms with E-state index in [1.54, 1.807) is 42.8 Å². The minimum atomic E-state index is 0.269. The molecular formula is C18H16Cl2N2O2S. The summed E-state index contributed by atoms with van der Waals surface area (Å²) in [6.07, 6.45) is 1.77. The van der Waals surface area contributed by atoms with Crippen LogP contribution < -0.4 is 14.8 Å². The van der Waals surface area contributed by atoms with Gasteiger partial charge in [-0.3, -0.25) is 0 Å². The van der Waals surface area contributed by atoms with Crippen LogP contribution in [-0.4, -0.2) is 12.1 Å². The summed E-state index contributed by atoms with van der Waals surface area (Å²) in [6, 6.07) is 11.2. The van der Waals surface area contributed by atoms with Crippen molar-refractivity contribution in [3.8, 4) is 11.5 Å². The molecule has 0 saturated carbocycles. The molecule has 0 fully saturated rings. The molecule has 0 aliphatic carbocycles. The smallest absolute Gasteiger partial charge is 0.182 e. The molecule has 0 bridgehead atoms. The van der Waals surface area contributed by atoms with Crippen molar-refractivity contribution in [2.24, 2.45) is 0 Å². The van der Waals surface area contributed by atoms with Gasteiger partial charge in [0, 0.05) is 33.7 Å². The van der Waals surface area contributed by atoms with E-state index in [4.69, 9.17) is 32.7 Å². The van der Waals surface area contributed by atoms with Gasteiger partial charge in [-0.1, -0.05) is 35.3 Å². The molecule has 1 N–H and O–H groups in total. The average Bonchev–Trinajstić information content (AvgIpc) is 3.13. The van der Waals surface area contributed by atoms with Crippen molar-refractivity contribution in [3.63, 3.8) is 0 Å². The van der Waals surface area contributed by atoms with Gasteiger partial charge in [-0.25, -0.2) is 4.98 Å². The molecular weight excluding hydrogens is 379 g/mol. The van der Waals surface area contributed by atoms with Gasteiger partial charge >= 0.3 is 0 Å². The predicted molar refractivity (Wildman–Crippen MR) is 103 cm³/mol. The van der Waals surface area contributed by atoms with Gasteiger partial charge < -0.3 is 14.8 Å². The molecule has 4 nitrogen and oxygen atoms in total. The van der Waals surface area contributed by atoms with Crippen molar-refractivity contribution in [2.45, 2.75) is 13.2 Å². The van der Waals surface area contributed by atoms with Crippen molar-refractivity contribution in [2.75, 3.05) is 12.4 Å². The number of rotatable bonds is 7. The first-order valence-corrected chi connectivity index (χ1v) is 9.17. The number of aromatic nitrogens is 1. The van der Waals surface area contributed by atoms with Crippen LogP contribution in [0.5, 0.6) is 11.5 Å². The third-order valence-corrected chi connectivity index (χ3v) is 4.98. The summed E-state index contributed by atoms with van der Waals surface area (Å²) < 4.78 is 11.3. The molecule has 0 saturated heterocycles. The van der Waals surface area contributed by atoms with Gasteiger partial charge in [0.2, 0.25) is 0 Å². The number of anilines is 1. The Bertz CT molecular complexity index is 821. The van der Waals surface area contributed by atoms with E-state index < -0.39 is 0 Å². The lowest BCUT2D eigenvalue weighted by molar-refractivity contribution is 0.284. The fraction of sp³-hybridized carbons (Fsp3) is 0.167. The first kappa shape index (κ1) is 17.9. The lowest BCUT2D eigenvalue weighted by Crippen LogP contribution is -2.02. The average molecular weight is 395 g/mol. The predicted octanol–water partition coefficient (Wildman–Crippen LogP) is 5.65. The lowest BCUT2D eigenvalue weighted by Gasteiger charge is -2.14. The zero-order chi connectivity index (χ0) is 17.6. The Labute approximate surface area is 160 Å². The van der Waals surface area contributed by atoms with Gasteiger partial charge in [0.15, 0.2) is 16.6 Å². The molecule has 0 amide bonds. The summed E-state index contributed by atoms with van der Waals surface area (Å²) in [4.78, 5) is 4.20. The summed E-state index contributed by atoms with van der Waals surface area (Å²) in [7, 11) is 1.61. The Balaban J connectivity index is 1.69. The molecule has 0 spiro atoms. The molecule has 3 rings (SSSR count). The van der Waals surface area contributed by atoms with Crippen LogP contribution in [-0.2, 0) is 13.2 Å². The molecule has 1 heterocycles. The highest BCUT2D eigenvalue weighted by molar-refractivity contribution is 7.13. The number of ether oxygens (including phenoxy) is 2. The zero-order valence-corrected chi connectivity index (χ0v) is 15.8. The quantitative estimate of drug-likeness (QED) is 0.562. The van der Waals surface area contributed by atoms with Crippen LogP contribution in [0.3, 0.4) is 0 Å². The van der Waals surface area contributed by atoms with Crippen LogP contribution in [0.15, 0.2) is 48.0 Å². The minimum absolute atomic E-state index is 0.269. The van der Waals surface area contributed by atoms with Crippen molar-refractivity contribution >= 4 is 39.7 Å². The molecule has 0 radical (unpaired) electrons. The number of nitrogens with one attached hydrogen (secondary N) is 1. The minimum Gasteiger partial charge on any atom is -0.493 e. The Kier molecular flexibility index (Phi) is 6.02. The van der Waals surface area contributed by atoms with Gasteiger partial charge in [-0.2, -0.15) is 0 Å². The summed E-state index contributed by atoms with van der Waals surface area (Å²) in [5.41, 5.74) is 1.82. The fourth-order valence-corrected chi connectivity index (χ4v) is 3.28. The van der Waals surface area contributed by atoms with E-state index in [2.05, 4.69) is 10.3 Å². The topological polar surface area (TPSA) is 43.4 Å². The second-order valence-corrected chi connectivity index (χ2v) is 6.87. The summed E-state index contributed by atoms with van der Waals surface area (Å²) >= 11 is 13.9. The number of thiazole rings is 1. The van der Waals surface area contributed by atoms with E-state index in [-0.39, 0.29) is 6.61 Å². The zero-order valence-electron chi connectivity index (χ0n) is 13.5. The monoisotopic (exact) mass is 394 g/mol. The van der Waals surface area contributed by atoms with Crippen LogP contribution in [0.25, 0.3) is 0 Å².